The molecule has 3 N–H and O–H groups in total. The van der Waals surface area contributed by atoms with E-state index in [0.717, 1.165) is 50.8 Å². The molecule has 1 heterocycles. The molecule has 1 saturated carbocycles. The second-order valence-electron chi connectivity index (χ2n) is 7.08. The summed E-state index contributed by atoms with van der Waals surface area (Å²) in [5.41, 5.74) is 6.65. The van der Waals surface area contributed by atoms with E-state index in [1.807, 2.05) is 0 Å². The standard InChI is InChI=1S/C18H25F2N3O/c19-16-4-1-12(9-17(16)20)11-23-7-5-15(6-8-23)22-18(24)13-2-3-14(21)10-13/h1,4,9,13-15H,2-3,5-8,10-11,21H2,(H,22,24). The summed E-state index contributed by atoms with van der Waals surface area (Å²) in [6.07, 6.45) is 4.38. The van der Waals surface area contributed by atoms with Gasteiger partial charge in [-0.05, 0) is 49.8 Å². The van der Waals surface area contributed by atoms with Crippen molar-refractivity contribution in [3.05, 3.63) is 35.4 Å². The zero-order valence-corrected chi connectivity index (χ0v) is 13.8. The summed E-state index contributed by atoms with van der Waals surface area (Å²) in [7, 11) is 0. The van der Waals surface area contributed by atoms with Crippen molar-refractivity contribution in [2.24, 2.45) is 11.7 Å². The van der Waals surface area contributed by atoms with Gasteiger partial charge < -0.3 is 11.1 Å². The number of nitrogens with two attached hydrogens (primary N) is 1. The topological polar surface area (TPSA) is 58.4 Å². The molecular weight excluding hydrogens is 312 g/mol. The maximum absolute atomic E-state index is 13.3. The van der Waals surface area contributed by atoms with Crippen LogP contribution in [-0.4, -0.2) is 36.0 Å². The average molecular weight is 337 g/mol. The van der Waals surface area contributed by atoms with Crippen LogP contribution in [0.4, 0.5) is 8.78 Å². The molecule has 3 rings (SSSR count). The molecule has 1 aliphatic carbocycles. The number of piperidine rings is 1. The van der Waals surface area contributed by atoms with Crippen molar-refractivity contribution in [3.63, 3.8) is 0 Å². The number of carbonyl (C=O) groups excluding carboxylic acids is 1. The van der Waals surface area contributed by atoms with E-state index in [9.17, 15) is 13.6 Å². The summed E-state index contributed by atoms with van der Waals surface area (Å²) >= 11 is 0. The van der Waals surface area contributed by atoms with Gasteiger partial charge in [-0.25, -0.2) is 8.78 Å². The SMILES string of the molecule is NC1CCC(C(=O)NC2CCN(Cc3ccc(F)c(F)c3)CC2)C1. The lowest BCUT2D eigenvalue weighted by Crippen LogP contribution is -2.46. The van der Waals surface area contributed by atoms with Crippen LogP contribution in [-0.2, 0) is 11.3 Å². The minimum atomic E-state index is -0.813. The molecule has 6 heteroatoms. The average Bonchev–Trinajstić information content (AvgIpc) is 2.99. The van der Waals surface area contributed by atoms with Crippen LogP contribution in [0, 0.1) is 17.6 Å². The van der Waals surface area contributed by atoms with E-state index >= 15 is 0 Å². The van der Waals surface area contributed by atoms with Crippen molar-refractivity contribution in [1.29, 1.82) is 0 Å². The molecule has 132 valence electrons. The van der Waals surface area contributed by atoms with E-state index in [0.29, 0.717) is 6.54 Å². The molecular formula is C18H25F2N3O. The number of hydrogen-bond acceptors (Lipinski definition) is 3. The number of halogens is 2. The second-order valence-corrected chi connectivity index (χ2v) is 7.08. The smallest absolute Gasteiger partial charge is 0.223 e. The molecule has 2 atom stereocenters. The Kier molecular flexibility index (Phi) is 5.46. The minimum Gasteiger partial charge on any atom is -0.353 e. The van der Waals surface area contributed by atoms with Crippen molar-refractivity contribution in [2.45, 2.75) is 50.7 Å². The Balaban J connectivity index is 1.43. The number of rotatable bonds is 4. The number of benzene rings is 1. The van der Waals surface area contributed by atoms with E-state index in [2.05, 4.69) is 10.2 Å². The third-order valence-corrected chi connectivity index (χ3v) is 5.17. The summed E-state index contributed by atoms with van der Waals surface area (Å²) in [4.78, 5) is 14.5. The zero-order chi connectivity index (χ0) is 17.1. The Hall–Kier alpha value is -1.53. The van der Waals surface area contributed by atoms with E-state index in [1.54, 1.807) is 6.07 Å². The minimum absolute atomic E-state index is 0.0696. The van der Waals surface area contributed by atoms with Crippen LogP contribution in [0.5, 0.6) is 0 Å². The molecule has 1 aromatic carbocycles. The summed E-state index contributed by atoms with van der Waals surface area (Å²) in [5.74, 6) is -1.40. The number of nitrogens with one attached hydrogen (secondary N) is 1. The summed E-state index contributed by atoms with van der Waals surface area (Å²) in [6, 6.07) is 4.42. The van der Waals surface area contributed by atoms with Gasteiger partial charge in [0.2, 0.25) is 5.91 Å². The van der Waals surface area contributed by atoms with Crippen LogP contribution in [0.15, 0.2) is 18.2 Å². The Labute approximate surface area is 141 Å². The van der Waals surface area contributed by atoms with Crippen LogP contribution < -0.4 is 11.1 Å². The van der Waals surface area contributed by atoms with Gasteiger partial charge in [-0.15, -0.1) is 0 Å². The van der Waals surface area contributed by atoms with Crippen molar-refractivity contribution in [2.75, 3.05) is 13.1 Å². The maximum Gasteiger partial charge on any atom is 0.223 e. The lowest BCUT2D eigenvalue weighted by molar-refractivity contribution is -0.125. The first-order chi connectivity index (χ1) is 11.5. The number of nitrogens with zero attached hydrogens (tertiary/aromatic N) is 1. The van der Waals surface area contributed by atoms with E-state index in [-0.39, 0.29) is 23.9 Å². The molecule has 0 bridgehead atoms. The predicted molar refractivity (Wildman–Crippen MR) is 88.1 cm³/mol. The zero-order valence-electron chi connectivity index (χ0n) is 13.8. The fourth-order valence-electron chi connectivity index (χ4n) is 3.71. The number of likely N-dealkylation sites (tertiary alicyclic amines) is 1. The fraction of sp³-hybridized carbons (Fsp3) is 0.611. The monoisotopic (exact) mass is 337 g/mol. The first-order valence-electron chi connectivity index (χ1n) is 8.73. The highest BCUT2D eigenvalue weighted by molar-refractivity contribution is 5.79. The summed E-state index contributed by atoms with van der Waals surface area (Å²) < 4.78 is 26.2. The van der Waals surface area contributed by atoms with Gasteiger partial charge in [0, 0.05) is 37.6 Å². The van der Waals surface area contributed by atoms with Crippen LogP contribution in [0.1, 0.15) is 37.7 Å². The fourth-order valence-corrected chi connectivity index (χ4v) is 3.71. The highest BCUT2D eigenvalue weighted by Gasteiger charge is 2.30. The van der Waals surface area contributed by atoms with Gasteiger partial charge in [0.05, 0.1) is 0 Å². The first kappa shape index (κ1) is 17.3. The molecule has 24 heavy (non-hydrogen) atoms. The Bertz CT molecular complexity index is 588. The summed E-state index contributed by atoms with van der Waals surface area (Å²) in [6.45, 7) is 2.29. The molecule has 0 radical (unpaired) electrons. The largest absolute Gasteiger partial charge is 0.353 e. The lowest BCUT2D eigenvalue weighted by Gasteiger charge is -2.33. The third kappa shape index (κ3) is 4.30. The summed E-state index contributed by atoms with van der Waals surface area (Å²) in [5, 5.41) is 3.15. The van der Waals surface area contributed by atoms with Gasteiger partial charge in [-0.3, -0.25) is 9.69 Å². The van der Waals surface area contributed by atoms with Gasteiger partial charge in [0.25, 0.3) is 0 Å². The van der Waals surface area contributed by atoms with Gasteiger partial charge in [-0.2, -0.15) is 0 Å². The van der Waals surface area contributed by atoms with Crippen LogP contribution in [0.3, 0.4) is 0 Å². The van der Waals surface area contributed by atoms with E-state index < -0.39 is 11.6 Å². The molecule has 1 amide bonds. The van der Waals surface area contributed by atoms with Crippen LogP contribution >= 0.6 is 0 Å². The van der Waals surface area contributed by atoms with Gasteiger partial charge in [-0.1, -0.05) is 6.07 Å². The number of hydrogen-bond donors (Lipinski definition) is 2. The molecule has 1 aromatic rings. The molecule has 0 spiro atoms. The highest BCUT2D eigenvalue weighted by atomic mass is 19.2. The Morgan fingerprint density at radius 1 is 1.17 bits per heavy atom. The Morgan fingerprint density at radius 3 is 2.54 bits per heavy atom. The maximum atomic E-state index is 13.3. The molecule has 2 fully saturated rings. The van der Waals surface area contributed by atoms with Gasteiger partial charge >= 0.3 is 0 Å². The van der Waals surface area contributed by atoms with Crippen molar-refractivity contribution >= 4 is 5.91 Å². The second kappa shape index (κ2) is 7.57. The van der Waals surface area contributed by atoms with Crippen LogP contribution in [0.25, 0.3) is 0 Å². The molecule has 1 aliphatic heterocycles. The van der Waals surface area contributed by atoms with Gasteiger partial charge in [0.15, 0.2) is 11.6 Å². The van der Waals surface area contributed by atoms with Crippen molar-refractivity contribution in [1.82, 2.24) is 10.2 Å². The van der Waals surface area contributed by atoms with Gasteiger partial charge in [0.1, 0.15) is 0 Å². The lowest BCUT2D eigenvalue weighted by atomic mass is 10.0. The third-order valence-electron chi connectivity index (χ3n) is 5.17. The van der Waals surface area contributed by atoms with Crippen LogP contribution in [0.2, 0.25) is 0 Å². The molecule has 1 saturated heterocycles. The molecule has 2 aliphatic rings. The number of carbonyl (C=O) groups is 1. The Morgan fingerprint density at radius 2 is 1.92 bits per heavy atom. The first-order valence-corrected chi connectivity index (χ1v) is 8.73. The van der Waals surface area contributed by atoms with E-state index in [1.165, 1.54) is 12.1 Å². The van der Waals surface area contributed by atoms with Crippen molar-refractivity contribution in [3.8, 4) is 0 Å². The molecule has 0 aromatic heterocycles. The molecule has 4 nitrogen and oxygen atoms in total. The molecule has 2 unspecified atom stereocenters. The number of amides is 1. The normalized spacial score (nSPS) is 25.8. The predicted octanol–water partition coefficient (Wildman–Crippen LogP) is 2.17. The quantitative estimate of drug-likeness (QED) is 0.885. The van der Waals surface area contributed by atoms with E-state index in [4.69, 9.17) is 5.73 Å². The van der Waals surface area contributed by atoms with Crippen molar-refractivity contribution < 1.29 is 13.6 Å². The highest BCUT2D eigenvalue weighted by Crippen LogP contribution is 2.25.